The third-order valence-corrected chi connectivity index (χ3v) is 5.78. The van der Waals surface area contributed by atoms with Crippen LogP contribution in [0.5, 0.6) is 0 Å². The van der Waals surface area contributed by atoms with Crippen molar-refractivity contribution in [2.45, 2.75) is 51.2 Å². The van der Waals surface area contributed by atoms with Gasteiger partial charge in [0, 0.05) is 12.8 Å². The predicted molar refractivity (Wildman–Crippen MR) is 132 cm³/mol. The van der Waals surface area contributed by atoms with Gasteiger partial charge in [0.15, 0.2) is 0 Å². The molecule has 0 saturated heterocycles. The summed E-state index contributed by atoms with van der Waals surface area (Å²) < 4.78 is 9.97. The van der Waals surface area contributed by atoms with E-state index in [1.165, 1.54) is 7.11 Å². The van der Waals surface area contributed by atoms with E-state index in [0.717, 1.165) is 34.2 Å². The SMILES string of the molecule is COC(=O)CCc1ccc(-c2ccc([C@H](O)CCCCC(=O)OCc3ccccc3)cc2)cc1. The summed E-state index contributed by atoms with van der Waals surface area (Å²) in [5, 5.41) is 10.5. The van der Waals surface area contributed by atoms with Gasteiger partial charge in [0.1, 0.15) is 6.61 Å². The number of aliphatic hydroxyl groups is 1. The fourth-order valence-electron chi connectivity index (χ4n) is 3.69. The van der Waals surface area contributed by atoms with Crippen LogP contribution in [0.2, 0.25) is 0 Å². The Morgan fingerprint density at radius 1 is 0.765 bits per heavy atom. The zero-order valence-corrected chi connectivity index (χ0v) is 19.6. The molecule has 0 saturated carbocycles. The van der Waals surface area contributed by atoms with Crippen molar-refractivity contribution >= 4 is 11.9 Å². The highest BCUT2D eigenvalue weighted by Gasteiger charge is 2.10. The average molecular weight is 461 g/mol. The summed E-state index contributed by atoms with van der Waals surface area (Å²) in [6.45, 7) is 0.296. The number of unbranched alkanes of at least 4 members (excludes halogenated alkanes) is 1. The van der Waals surface area contributed by atoms with Crippen molar-refractivity contribution in [3.63, 3.8) is 0 Å². The molecule has 0 aromatic heterocycles. The molecule has 1 N–H and O–H groups in total. The van der Waals surface area contributed by atoms with E-state index < -0.39 is 6.10 Å². The minimum Gasteiger partial charge on any atom is -0.469 e. The molecule has 0 aliphatic rings. The van der Waals surface area contributed by atoms with Gasteiger partial charge in [0.05, 0.1) is 13.2 Å². The van der Waals surface area contributed by atoms with E-state index in [4.69, 9.17) is 4.74 Å². The van der Waals surface area contributed by atoms with Gasteiger partial charge in [-0.25, -0.2) is 0 Å². The molecule has 0 radical (unpaired) electrons. The maximum Gasteiger partial charge on any atom is 0.306 e. The second-order valence-corrected chi connectivity index (χ2v) is 8.30. The number of rotatable bonds is 12. The summed E-state index contributed by atoms with van der Waals surface area (Å²) in [5.41, 5.74) is 5.08. The highest BCUT2D eigenvalue weighted by Crippen LogP contribution is 2.25. The Balaban J connectivity index is 1.39. The summed E-state index contributed by atoms with van der Waals surface area (Å²) in [4.78, 5) is 23.2. The molecule has 3 rings (SSSR count). The Morgan fingerprint density at radius 3 is 2.06 bits per heavy atom. The van der Waals surface area contributed by atoms with E-state index in [2.05, 4.69) is 4.74 Å². The fraction of sp³-hybridized carbons (Fsp3) is 0.310. The molecule has 1 atom stereocenters. The molecule has 0 aliphatic heterocycles. The molecule has 3 aromatic rings. The van der Waals surface area contributed by atoms with Crippen LogP contribution in [0.1, 0.15) is 54.9 Å². The molecular formula is C29H32O5. The van der Waals surface area contributed by atoms with Crippen LogP contribution in [0.15, 0.2) is 78.9 Å². The van der Waals surface area contributed by atoms with Crippen LogP contribution in [0.3, 0.4) is 0 Å². The smallest absolute Gasteiger partial charge is 0.306 e. The van der Waals surface area contributed by atoms with Gasteiger partial charge in [-0.1, -0.05) is 78.9 Å². The topological polar surface area (TPSA) is 72.8 Å². The minimum absolute atomic E-state index is 0.207. The zero-order valence-electron chi connectivity index (χ0n) is 19.6. The molecule has 0 fully saturated rings. The maximum atomic E-state index is 11.9. The van der Waals surface area contributed by atoms with Gasteiger partial charge in [-0.05, 0) is 53.5 Å². The minimum atomic E-state index is -0.560. The van der Waals surface area contributed by atoms with Gasteiger partial charge in [0.2, 0.25) is 0 Å². The zero-order chi connectivity index (χ0) is 24.2. The molecule has 5 heteroatoms. The maximum absolute atomic E-state index is 11.9. The van der Waals surface area contributed by atoms with E-state index in [9.17, 15) is 14.7 Å². The van der Waals surface area contributed by atoms with Crippen LogP contribution < -0.4 is 0 Å². The predicted octanol–water partition coefficient (Wildman–Crippen LogP) is 5.80. The average Bonchev–Trinajstić information content (AvgIpc) is 2.89. The lowest BCUT2D eigenvalue weighted by atomic mass is 9.98. The Morgan fingerprint density at radius 2 is 1.41 bits per heavy atom. The van der Waals surface area contributed by atoms with Crippen LogP contribution in [0.25, 0.3) is 11.1 Å². The largest absolute Gasteiger partial charge is 0.469 e. The molecule has 0 heterocycles. The van der Waals surface area contributed by atoms with Gasteiger partial charge >= 0.3 is 11.9 Å². The molecule has 34 heavy (non-hydrogen) atoms. The van der Waals surface area contributed by atoms with E-state index in [-0.39, 0.29) is 11.9 Å². The van der Waals surface area contributed by atoms with Crippen molar-refractivity contribution in [1.82, 2.24) is 0 Å². The molecule has 0 spiro atoms. The van der Waals surface area contributed by atoms with Gasteiger partial charge < -0.3 is 14.6 Å². The second-order valence-electron chi connectivity index (χ2n) is 8.30. The van der Waals surface area contributed by atoms with Gasteiger partial charge in [0.25, 0.3) is 0 Å². The van der Waals surface area contributed by atoms with Gasteiger partial charge in [-0.2, -0.15) is 0 Å². The third-order valence-electron chi connectivity index (χ3n) is 5.78. The molecular weight excluding hydrogens is 428 g/mol. The number of esters is 2. The fourth-order valence-corrected chi connectivity index (χ4v) is 3.69. The normalized spacial score (nSPS) is 11.6. The quantitative estimate of drug-likeness (QED) is 0.273. The lowest BCUT2D eigenvalue weighted by Gasteiger charge is -2.12. The number of hydrogen-bond acceptors (Lipinski definition) is 5. The van der Waals surface area contributed by atoms with Gasteiger partial charge in [-0.15, -0.1) is 0 Å². The third kappa shape index (κ3) is 8.16. The number of carbonyl (C=O) groups excluding carboxylic acids is 2. The summed E-state index contributed by atoms with van der Waals surface area (Å²) in [7, 11) is 1.40. The first-order chi connectivity index (χ1) is 16.5. The first-order valence-corrected chi connectivity index (χ1v) is 11.7. The Labute approximate surface area is 201 Å². The van der Waals surface area contributed by atoms with Gasteiger partial charge in [-0.3, -0.25) is 9.59 Å². The van der Waals surface area contributed by atoms with E-state index in [0.29, 0.717) is 38.7 Å². The number of ether oxygens (including phenoxy) is 2. The summed E-state index contributed by atoms with van der Waals surface area (Å²) in [5.74, 6) is -0.416. The van der Waals surface area contributed by atoms with E-state index in [1.54, 1.807) is 0 Å². The number of methoxy groups -OCH3 is 1. The Kier molecular flexibility index (Phi) is 9.86. The molecule has 5 nitrogen and oxygen atoms in total. The lowest BCUT2D eigenvalue weighted by molar-refractivity contribution is -0.145. The monoisotopic (exact) mass is 460 g/mol. The number of aryl methyl sites for hydroxylation is 1. The molecule has 0 amide bonds. The first kappa shape index (κ1) is 25.2. The highest BCUT2D eigenvalue weighted by molar-refractivity contribution is 5.70. The number of aliphatic hydroxyl groups excluding tert-OH is 1. The van der Waals surface area contributed by atoms with Crippen LogP contribution in [-0.4, -0.2) is 24.2 Å². The molecule has 3 aromatic carbocycles. The van der Waals surface area contributed by atoms with Crippen molar-refractivity contribution in [1.29, 1.82) is 0 Å². The van der Waals surface area contributed by atoms with Crippen molar-refractivity contribution < 1.29 is 24.2 Å². The van der Waals surface area contributed by atoms with E-state index >= 15 is 0 Å². The van der Waals surface area contributed by atoms with Crippen LogP contribution >= 0.6 is 0 Å². The summed E-state index contributed by atoms with van der Waals surface area (Å²) in [6, 6.07) is 25.6. The molecule has 0 bridgehead atoms. The molecule has 0 aliphatic carbocycles. The standard InChI is InChI=1S/C29H32O5/c1-33-28(31)20-13-22-11-14-24(15-12-22)25-16-18-26(19-17-25)27(30)9-5-6-10-29(32)34-21-23-7-3-2-4-8-23/h2-4,7-8,11-12,14-19,27,30H,5-6,9-10,13,20-21H2,1H3/t27-/m1/s1. The number of carbonyl (C=O) groups is 2. The summed E-state index contributed by atoms with van der Waals surface area (Å²) >= 11 is 0. The van der Waals surface area contributed by atoms with Crippen molar-refractivity contribution in [2.24, 2.45) is 0 Å². The van der Waals surface area contributed by atoms with Crippen LogP contribution in [-0.2, 0) is 32.1 Å². The van der Waals surface area contributed by atoms with Crippen LogP contribution in [0, 0.1) is 0 Å². The first-order valence-electron chi connectivity index (χ1n) is 11.7. The van der Waals surface area contributed by atoms with Crippen molar-refractivity contribution in [2.75, 3.05) is 7.11 Å². The Hall–Kier alpha value is -3.44. The molecule has 178 valence electrons. The van der Waals surface area contributed by atoms with Crippen molar-refractivity contribution in [3.8, 4) is 11.1 Å². The van der Waals surface area contributed by atoms with Crippen LogP contribution in [0.4, 0.5) is 0 Å². The number of benzene rings is 3. The second kappa shape index (κ2) is 13.3. The Bertz CT molecular complexity index is 1030. The summed E-state index contributed by atoms with van der Waals surface area (Å²) in [6.07, 6.45) is 2.85. The van der Waals surface area contributed by atoms with Crippen molar-refractivity contribution in [3.05, 3.63) is 95.6 Å². The lowest BCUT2D eigenvalue weighted by Crippen LogP contribution is -2.05. The van der Waals surface area contributed by atoms with E-state index in [1.807, 2.05) is 78.9 Å². The molecule has 0 unspecified atom stereocenters. The highest BCUT2D eigenvalue weighted by atomic mass is 16.5. The number of hydrogen-bond donors (Lipinski definition) is 1.